The molecule has 1 aromatic carbocycles. The smallest absolute Gasteiger partial charge is 0.231 e. The number of nitrogens with one attached hydrogen (secondary N) is 1. The van der Waals surface area contributed by atoms with Crippen LogP contribution in [0.2, 0.25) is 0 Å². The number of piperidine rings is 1. The molecule has 1 amide bonds. The molecule has 0 bridgehead atoms. The summed E-state index contributed by atoms with van der Waals surface area (Å²) in [7, 11) is 0. The van der Waals surface area contributed by atoms with Gasteiger partial charge in [-0.15, -0.1) is 0 Å². The highest BCUT2D eigenvalue weighted by Gasteiger charge is 2.29. The summed E-state index contributed by atoms with van der Waals surface area (Å²) in [4.78, 5) is 18.8. The van der Waals surface area contributed by atoms with Gasteiger partial charge in [-0.05, 0) is 74.0 Å². The van der Waals surface area contributed by atoms with Crippen LogP contribution in [0.4, 0.5) is 0 Å². The molecule has 2 atom stereocenters. The Hall–Kier alpha value is -2.60. The third-order valence-corrected chi connectivity index (χ3v) is 6.06. The van der Waals surface area contributed by atoms with Crippen LogP contribution in [-0.2, 0) is 11.2 Å². The average molecular weight is 410 g/mol. The Labute approximate surface area is 178 Å². The van der Waals surface area contributed by atoms with Crippen LogP contribution in [0.1, 0.15) is 44.0 Å². The van der Waals surface area contributed by atoms with Crippen LogP contribution in [0.3, 0.4) is 0 Å². The third-order valence-electron chi connectivity index (χ3n) is 6.06. The van der Waals surface area contributed by atoms with Crippen LogP contribution in [-0.4, -0.2) is 42.2 Å². The maximum Gasteiger partial charge on any atom is 0.231 e. The van der Waals surface area contributed by atoms with E-state index < -0.39 is 0 Å². The number of hydrogen-bond donors (Lipinski definition) is 1. The van der Waals surface area contributed by atoms with E-state index in [0.717, 1.165) is 56.1 Å². The predicted molar refractivity (Wildman–Crippen MR) is 115 cm³/mol. The fraction of sp³-hybridized carbons (Fsp3) is 0.500. The van der Waals surface area contributed by atoms with Gasteiger partial charge < -0.3 is 19.7 Å². The lowest BCUT2D eigenvalue weighted by molar-refractivity contribution is -0.120. The number of ether oxygens (including phenoxy) is 2. The molecule has 6 heteroatoms. The first-order valence-electron chi connectivity index (χ1n) is 10.9. The van der Waals surface area contributed by atoms with E-state index in [4.69, 9.17) is 9.47 Å². The molecular formula is C24H31N3O3. The molecule has 1 N–H and O–H groups in total. The van der Waals surface area contributed by atoms with Gasteiger partial charge in [0.05, 0.1) is 11.7 Å². The molecule has 2 aliphatic rings. The molecule has 0 saturated carbocycles. The molecule has 2 aliphatic heterocycles. The topological polar surface area (TPSA) is 63.7 Å². The van der Waals surface area contributed by atoms with E-state index in [9.17, 15) is 4.79 Å². The number of amides is 1. The summed E-state index contributed by atoms with van der Waals surface area (Å²) in [5.41, 5.74) is 2.25. The fourth-order valence-corrected chi connectivity index (χ4v) is 4.66. The molecule has 0 radical (unpaired) electrons. The lowest BCUT2D eigenvalue weighted by Gasteiger charge is -2.37. The molecule has 3 heterocycles. The van der Waals surface area contributed by atoms with Gasteiger partial charge in [-0.2, -0.15) is 0 Å². The summed E-state index contributed by atoms with van der Waals surface area (Å²) in [5, 5.41) is 3.13. The lowest BCUT2D eigenvalue weighted by Crippen LogP contribution is -2.42. The van der Waals surface area contributed by atoms with Gasteiger partial charge in [0.1, 0.15) is 0 Å². The van der Waals surface area contributed by atoms with E-state index in [-0.39, 0.29) is 11.9 Å². The summed E-state index contributed by atoms with van der Waals surface area (Å²) < 4.78 is 10.9. The second-order valence-electron chi connectivity index (χ2n) is 8.57. The number of pyridine rings is 1. The minimum Gasteiger partial charge on any atom is -0.454 e. The maximum atomic E-state index is 11.8. The zero-order chi connectivity index (χ0) is 20.9. The fourth-order valence-electron chi connectivity index (χ4n) is 4.66. The molecule has 160 valence electrons. The van der Waals surface area contributed by atoms with Crippen molar-refractivity contribution in [3.05, 3.63) is 53.9 Å². The van der Waals surface area contributed by atoms with Gasteiger partial charge in [-0.3, -0.25) is 9.78 Å². The zero-order valence-corrected chi connectivity index (χ0v) is 17.8. The minimum absolute atomic E-state index is 0.00286. The van der Waals surface area contributed by atoms with Crippen LogP contribution in [0.5, 0.6) is 11.5 Å². The van der Waals surface area contributed by atoms with Gasteiger partial charge in [0.25, 0.3) is 0 Å². The lowest BCUT2D eigenvalue weighted by atomic mass is 9.86. The van der Waals surface area contributed by atoms with Crippen molar-refractivity contribution in [2.24, 2.45) is 11.8 Å². The Morgan fingerprint density at radius 2 is 2.00 bits per heavy atom. The maximum absolute atomic E-state index is 11.8. The van der Waals surface area contributed by atoms with Gasteiger partial charge in [-0.25, -0.2) is 0 Å². The van der Waals surface area contributed by atoms with E-state index in [0.29, 0.717) is 18.6 Å². The van der Waals surface area contributed by atoms with E-state index in [1.807, 2.05) is 24.3 Å². The predicted octanol–water partition coefficient (Wildman–Crippen LogP) is 3.58. The second kappa shape index (κ2) is 9.47. The number of carbonyl (C=O) groups excluding carboxylic acids is 1. The van der Waals surface area contributed by atoms with Crippen molar-refractivity contribution in [2.75, 3.05) is 26.4 Å². The Balaban J connectivity index is 1.29. The van der Waals surface area contributed by atoms with E-state index in [1.165, 1.54) is 5.56 Å². The van der Waals surface area contributed by atoms with Gasteiger partial charge >= 0.3 is 0 Å². The second-order valence-corrected chi connectivity index (χ2v) is 8.57. The monoisotopic (exact) mass is 409 g/mol. The molecule has 6 nitrogen and oxygen atoms in total. The number of benzene rings is 1. The molecule has 0 aliphatic carbocycles. The normalized spacial score (nSPS) is 18.7. The number of nitrogens with zero attached hydrogens (tertiary/aromatic N) is 2. The van der Waals surface area contributed by atoms with Crippen LogP contribution in [0.25, 0.3) is 0 Å². The summed E-state index contributed by atoms with van der Waals surface area (Å²) in [6.07, 6.45) is 4.96. The number of carbonyl (C=O) groups is 1. The van der Waals surface area contributed by atoms with Crippen LogP contribution >= 0.6 is 0 Å². The van der Waals surface area contributed by atoms with Gasteiger partial charge in [0.2, 0.25) is 12.7 Å². The van der Waals surface area contributed by atoms with Crippen molar-refractivity contribution in [2.45, 2.75) is 39.2 Å². The largest absolute Gasteiger partial charge is 0.454 e. The van der Waals surface area contributed by atoms with Crippen LogP contribution in [0, 0.1) is 11.8 Å². The molecule has 1 saturated heterocycles. The van der Waals surface area contributed by atoms with E-state index in [1.54, 1.807) is 13.1 Å². The van der Waals surface area contributed by atoms with Crippen molar-refractivity contribution in [3.8, 4) is 11.5 Å². The van der Waals surface area contributed by atoms with Crippen molar-refractivity contribution >= 4 is 5.91 Å². The molecule has 0 spiro atoms. The van der Waals surface area contributed by atoms with Crippen LogP contribution in [0.15, 0.2) is 42.6 Å². The van der Waals surface area contributed by atoms with Crippen molar-refractivity contribution in [3.63, 3.8) is 0 Å². The molecular weight excluding hydrogens is 378 g/mol. The highest BCUT2D eigenvalue weighted by Crippen LogP contribution is 2.34. The minimum atomic E-state index is -0.00286. The first-order chi connectivity index (χ1) is 14.6. The molecule has 4 rings (SSSR count). The number of aromatic nitrogens is 1. The van der Waals surface area contributed by atoms with Crippen molar-refractivity contribution in [1.29, 1.82) is 0 Å². The standard InChI is InChI=1S/C24H31N3O3/c1-17(13-19-6-7-22-23(14-19)30-16-29-22)15-27-11-8-20(9-12-27)24(26-18(2)28)21-5-3-4-10-25-21/h3-7,10,14,17,20,24H,8-9,11-13,15-16H2,1-2H3,(H,26,28)/t17-,24-/m1/s1. The molecule has 30 heavy (non-hydrogen) atoms. The summed E-state index contributed by atoms with van der Waals surface area (Å²) in [5.74, 6) is 2.69. The van der Waals surface area contributed by atoms with Gasteiger partial charge in [0.15, 0.2) is 11.5 Å². The summed E-state index contributed by atoms with van der Waals surface area (Å²) in [6, 6.07) is 12.2. The molecule has 1 fully saturated rings. The van der Waals surface area contributed by atoms with E-state index >= 15 is 0 Å². The SMILES string of the molecule is CC(=O)N[C@@H](c1ccccn1)C1CCN(C[C@H](C)Cc2ccc3c(c2)OCO3)CC1. The Morgan fingerprint density at radius 3 is 2.73 bits per heavy atom. The van der Waals surface area contributed by atoms with Gasteiger partial charge in [0, 0.05) is 19.7 Å². The van der Waals surface area contributed by atoms with E-state index in [2.05, 4.69) is 34.3 Å². The average Bonchev–Trinajstić information content (AvgIpc) is 3.21. The third kappa shape index (κ3) is 5.11. The first kappa shape index (κ1) is 20.7. The van der Waals surface area contributed by atoms with Gasteiger partial charge in [-0.1, -0.05) is 19.1 Å². The highest BCUT2D eigenvalue weighted by atomic mass is 16.7. The number of rotatable bonds is 7. The number of hydrogen-bond acceptors (Lipinski definition) is 5. The summed E-state index contributed by atoms with van der Waals surface area (Å²) >= 11 is 0. The Morgan fingerprint density at radius 1 is 1.20 bits per heavy atom. The van der Waals surface area contributed by atoms with Crippen molar-refractivity contribution in [1.82, 2.24) is 15.2 Å². The Kier molecular flexibility index (Phi) is 6.53. The quantitative estimate of drug-likeness (QED) is 0.757. The van der Waals surface area contributed by atoms with Crippen LogP contribution < -0.4 is 14.8 Å². The zero-order valence-electron chi connectivity index (χ0n) is 17.8. The van der Waals surface area contributed by atoms with Crippen molar-refractivity contribution < 1.29 is 14.3 Å². The highest BCUT2D eigenvalue weighted by molar-refractivity contribution is 5.73. The number of likely N-dealkylation sites (tertiary alicyclic amines) is 1. The first-order valence-corrected chi connectivity index (χ1v) is 10.9. The molecule has 0 unspecified atom stereocenters. The molecule has 1 aromatic heterocycles. The Bertz CT molecular complexity index is 850. The number of fused-ring (bicyclic) bond motifs is 1. The molecule has 2 aromatic rings. The summed E-state index contributed by atoms with van der Waals surface area (Å²) in [6.45, 7) is 7.41.